The third-order valence-corrected chi connectivity index (χ3v) is 6.25. The standard InChI is InChI=1S/C22H28N2O5S/c1-23(2)22(25)29-20-9-6-17(7-10-20)5-4-14-28-21-11-8-19-16-24(30(3,26)27)13-12-18(19)15-21/h6-11,15H,4-5,12-14,16H2,1-3H3. The number of rotatable bonds is 7. The van der Waals surface area contributed by atoms with Gasteiger partial charge in [0.1, 0.15) is 11.5 Å². The Hall–Kier alpha value is -2.58. The van der Waals surface area contributed by atoms with E-state index < -0.39 is 16.1 Å². The molecule has 0 fully saturated rings. The van der Waals surface area contributed by atoms with E-state index in [0.717, 1.165) is 35.3 Å². The van der Waals surface area contributed by atoms with Crippen LogP contribution in [-0.2, 0) is 29.4 Å². The fourth-order valence-corrected chi connectivity index (χ4v) is 4.06. The van der Waals surface area contributed by atoms with Crippen molar-refractivity contribution in [1.29, 1.82) is 0 Å². The van der Waals surface area contributed by atoms with Crippen LogP contribution in [0.3, 0.4) is 0 Å². The van der Waals surface area contributed by atoms with E-state index in [0.29, 0.717) is 31.9 Å². The minimum absolute atomic E-state index is 0.398. The summed E-state index contributed by atoms with van der Waals surface area (Å²) >= 11 is 0. The molecule has 7 nitrogen and oxygen atoms in total. The molecule has 0 saturated carbocycles. The molecule has 8 heteroatoms. The van der Waals surface area contributed by atoms with Crippen LogP contribution in [0.5, 0.6) is 11.5 Å². The van der Waals surface area contributed by atoms with Crippen molar-refractivity contribution < 1.29 is 22.7 Å². The van der Waals surface area contributed by atoms with Crippen LogP contribution in [0.25, 0.3) is 0 Å². The number of fused-ring (bicyclic) bond motifs is 1. The lowest BCUT2D eigenvalue weighted by Gasteiger charge is -2.27. The zero-order valence-corrected chi connectivity index (χ0v) is 18.4. The van der Waals surface area contributed by atoms with Crippen LogP contribution in [0.2, 0.25) is 0 Å². The number of hydrogen-bond donors (Lipinski definition) is 0. The Kier molecular flexibility index (Phi) is 6.99. The minimum atomic E-state index is -3.16. The van der Waals surface area contributed by atoms with E-state index in [1.54, 1.807) is 26.2 Å². The summed E-state index contributed by atoms with van der Waals surface area (Å²) in [6, 6.07) is 13.4. The van der Waals surface area contributed by atoms with Crippen molar-refractivity contribution in [2.24, 2.45) is 0 Å². The molecule has 162 valence electrons. The molecule has 1 aliphatic rings. The quantitative estimate of drug-likeness (QED) is 0.629. The molecule has 0 spiro atoms. The number of benzene rings is 2. The van der Waals surface area contributed by atoms with Crippen LogP contribution in [0.4, 0.5) is 4.79 Å². The minimum Gasteiger partial charge on any atom is -0.494 e. The molecule has 2 aromatic carbocycles. The van der Waals surface area contributed by atoms with Gasteiger partial charge >= 0.3 is 6.09 Å². The van der Waals surface area contributed by atoms with Gasteiger partial charge < -0.3 is 14.4 Å². The molecule has 30 heavy (non-hydrogen) atoms. The van der Waals surface area contributed by atoms with Gasteiger partial charge in [0.05, 0.1) is 12.9 Å². The average molecular weight is 433 g/mol. The first kappa shape index (κ1) is 22.1. The van der Waals surface area contributed by atoms with Gasteiger partial charge in [-0.25, -0.2) is 13.2 Å². The van der Waals surface area contributed by atoms with Gasteiger partial charge in [0.25, 0.3) is 0 Å². The predicted octanol–water partition coefficient (Wildman–Crippen LogP) is 3.08. The highest BCUT2D eigenvalue weighted by Gasteiger charge is 2.23. The number of hydrogen-bond acceptors (Lipinski definition) is 5. The Morgan fingerprint density at radius 1 is 1.07 bits per heavy atom. The zero-order chi connectivity index (χ0) is 21.7. The summed E-state index contributed by atoms with van der Waals surface area (Å²) < 4.78 is 36.0. The zero-order valence-electron chi connectivity index (χ0n) is 17.6. The van der Waals surface area contributed by atoms with E-state index in [4.69, 9.17) is 9.47 Å². The molecule has 0 radical (unpaired) electrons. The van der Waals surface area contributed by atoms with Crippen LogP contribution in [0.15, 0.2) is 42.5 Å². The van der Waals surface area contributed by atoms with Gasteiger partial charge in [-0.15, -0.1) is 0 Å². The lowest BCUT2D eigenvalue weighted by molar-refractivity contribution is 0.172. The highest BCUT2D eigenvalue weighted by Crippen LogP contribution is 2.25. The summed E-state index contributed by atoms with van der Waals surface area (Å²) in [5.41, 5.74) is 3.33. The molecule has 3 rings (SSSR count). The molecular formula is C22H28N2O5S. The Morgan fingerprint density at radius 2 is 1.77 bits per heavy atom. The number of nitrogens with zero attached hydrogens (tertiary/aromatic N) is 2. The number of carbonyl (C=O) groups is 1. The number of amides is 1. The van der Waals surface area contributed by atoms with Crippen LogP contribution >= 0.6 is 0 Å². The molecule has 0 unspecified atom stereocenters. The molecule has 1 aliphatic heterocycles. The Labute approximate surface area is 178 Å². The Morgan fingerprint density at radius 3 is 2.43 bits per heavy atom. The first-order valence-corrected chi connectivity index (χ1v) is 11.7. The normalized spacial score (nSPS) is 14.1. The van der Waals surface area contributed by atoms with Crippen molar-refractivity contribution in [3.05, 3.63) is 59.2 Å². The lowest BCUT2D eigenvalue weighted by atomic mass is 10.0. The monoisotopic (exact) mass is 432 g/mol. The van der Waals surface area contributed by atoms with E-state index >= 15 is 0 Å². The third kappa shape index (κ3) is 5.96. The summed E-state index contributed by atoms with van der Waals surface area (Å²) in [6.45, 7) is 1.52. The smallest absolute Gasteiger partial charge is 0.414 e. The van der Waals surface area contributed by atoms with Crippen molar-refractivity contribution in [1.82, 2.24) is 9.21 Å². The summed E-state index contributed by atoms with van der Waals surface area (Å²) in [4.78, 5) is 12.9. The first-order chi connectivity index (χ1) is 14.2. The highest BCUT2D eigenvalue weighted by molar-refractivity contribution is 7.88. The third-order valence-electron chi connectivity index (χ3n) is 5.00. The Balaban J connectivity index is 1.45. The molecule has 0 atom stereocenters. The molecule has 0 aromatic heterocycles. The second-order valence-electron chi connectivity index (χ2n) is 7.64. The highest BCUT2D eigenvalue weighted by atomic mass is 32.2. The van der Waals surface area contributed by atoms with Gasteiger partial charge in [0, 0.05) is 27.2 Å². The summed E-state index contributed by atoms with van der Waals surface area (Å²) in [5.74, 6) is 1.34. The summed E-state index contributed by atoms with van der Waals surface area (Å²) in [6.07, 6.45) is 3.26. The predicted molar refractivity (Wildman–Crippen MR) is 115 cm³/mol. The molecule has 1 amide bonds. The van der Waals surface area contributed by atoms with Gasteiger partial charge in [-0.05, 0) is 60.2 Å². The topological polar surface area (TPSA) is 76.2 Å². The van der Waals surface area contributed by atoms with Crippen LogP contribution in [0, 0.1) is 0 Å². The van der Waals surface area contributed by atoms with E-state index in [9.17, 15) is 13.2 Å². The molecule has 2 aromatic rings. The summed E-state index contributed by atoms with van der Waals surface area (Å²) in [7, 11) is 0.125. The maximum absolute atomic E-state index is 11.7. The second-order valence-corrected chi connectivity index (χ2v) is 9.62. The van der Waals surface area contributed by atoms with Crippen LogP contribution < -0.4 is 9.47 Å². The SMILES string of the molecule is CN(C)C(=O)Oc1ccc(CCCOc2ccc3c(c2)CCN(S(C)(=O)=O)C3)cc1. The first-order valence-electron chi connectivity index (χ1n) is 9.90. The van der Waals surface area contributed by atoms with Crippen LogP contribution in [-0.4, -0.2) is 57.2 Å². The number of sulfonamides is 1. The van der Waals surface area contributed by atoms with Crippen LogP contribution in [0.1, 0.15) is 23.1 Å². The fraction of sp³-hybridized carbons (Fsp3) is 0.409. The molecule has 0 saturated heterocycles. The second kappa shape index (κ2) is 9.49. The van der Waals surface area contributed by atoms with Gasteiger partial charge in [-0.1, -0.05) is 18.2 Å². The van der Waals surface area contributed by atoms with E-state index in [2.05, 4.69) is 0 Å². The van der Waals surface area contributed by atoms with E-state index in [1.807, 2.05) is 30.3 Å². The van der Waals surface area contributed by atoms with Gasteiger partial charge in [0.15, 0.2) is 0 Å². The summed E-state index contributed by atoms with van der Waals surface area (Å²) in [5, 5.41) is 0. The van der Waals surface area contributed by atoms with Crippen molar-refractivity contribution in [2.75, 3.05) is 33.5 Å². The fourth-order valence-electron chi connectivity index (χ4n) is 3.26. The van der Waals surface area contributed by atoms with Crippen molar-refractivity contribution in [3.8, 4) is 11.5 Å². The molecular weight excluding hydrogens is 404 g/mol. The number of ether oxygens (including phenoxy) is 2. The van der Waals surface area contributed by atoms with Gasteiger partial charge in [-0.3, -0.25) is 0 Å². The molecule has 1 heterocycles. The number of aryl methyl sites for hydroxylation is 1. The molecule has 0 aliphatic carbocycles. The lowest BCUT2D eigenvalue weighted by Crippen LogP contribution is -2.35. The van der Waals surface area contributed by atoms with Gasteiger partial charge in [0.2, 0.25) is 10.0 Å². The Bertz CT molecular complexity index is 987. The van der Waals surface area contributed by atoms with Crippen molar-refractivity contribution >= 4 is 16.1 Å². The largest absolute Gasteiger partial charge is 0.494 e. The van der Waals surface area contributed by atoms with E-state index in [-0.39, 0.29) is 0 Å². The maximum atomic E-state index is 11.7. The number of carbonyl (C=O) groups excluding carboxylic acids is 1. The maximum Gasteiger partial charge on any atom is 0.414 e. The van der Waals surface area contributed by atoms with Crippen molar-refractivity contribution in [3.63, 3.8) is 0 Å². The molecule has 0 N–H and O–H groups in total. The van der Waals surface area contributed by atoms with E-state index in [1.165, 1.54) is 15.5 Å². The molecule has 0 bridgehead atoms. The average Bonchev–Trinajstić information content (AvgIpc) is 2.71. The van der Waals surface area contributed by atoms with Crippen molar-refractivity contribution in [2.45, 2.75) is 25.8 Å². The van der Waals surface area contributed by atoms with Gasteiger partial charge in [-0.2, -0.15) is 4.31 Å².